The highest BCUT2D eigenvalue weighted by atomic mass is 35.5. The van der Waals surface area contributed by atoms with Gasteiger partial charge in [0.05, 0.1) is 0 Å². The van der Waals surface area contributed by atoms with Gasteiger partial charge in [-0.05, 0) is 18.7 Å². The molecule has 1 unspecified atom stereocenters. The third kappa shape index (κ3) is 2.05. The van der Waals surface area contributed by atoms with Crippen LogP contribution < -0.4 is 5.32 Å². The zero-order chi connectivity index (χ0) is 9.97. The van der Waals surface area contributed by atoms with E-state index in [0.717, 1.165) is 19.6 Å². The van der Waals surface area contributed by atoms with Crippen molar-refractivity contribution in [2.24, 2.45) is 0 Å². The van der Waals surface area contributed by atoms with Crippen LogP contribution >= 0.6 is 11.6 Å². The smallest absolute Gasteiger partial charge is 0.129 e. The highest BCUT2D eigenvalue weighted by Crippen LogP contribution is 2.20. The number of aromatic nitrogens is 1. The van der Waals surface area contributed by atoms with E-state index >= 15 is 0 Å². The molecule has 1 N–H and O–H groups in total. The lowest BCUT2D eigenvalue weighted by molar-refractivity contribution is 0.202. The minimum atomic E-state index is 0.425. The number of nitrogens with one attached hydrogen (secondary N) is 1. The third-order valence-corrected chi connectivity index (χ3v) is 2.87. The number of pyridine rings is 1. The van der Waals surface area contributed by atoms with E-state index in [2.05, 4.69) is 22.2 Å². The van der Waals surface area contributed by atoms with E-state index in [4.69, 9.17) is 11.6 Å². The summed E-state index contributed by atoms with van der Waals surface area (Å²) in [5, 5.41) is 3.93. The second-order valence-electron chi connectivity index (χ2n) is 3.61. The van der Waals surface area contributed by atoms with Gasteiger partial charge >= 0.3 is 0 Å². The Morgan fingerprint density at radius 1 is 1.57 bits per heavy atom. The first-order valence-electron chi connectivity index (χ1n) is 4.80. The lowest BCUT2D eigenvalue weighted by Crippen LogP contribution is -2.43. The van der Waals surface area contributed by atoms with Gasteiger partial charge in [-0.15, -0.1) is 0 Å². The fraction of sp³-hybridized carbons (Fsp3) is 0.500. The Hall–Kier alpha value is -0.640. The summed E-state index contributed by atoms with van der Waals surface area (Å²) in [6, 6.07) is 4.32. The van der Waals surface area contributed by atoms with Crippen LogP contribution in [-0.2, 0) is 0 Å². The van der Waals surface area contributed by atoms with Crippen molar-refractivity contribution in [1.29, 1.82) is 0 Å². The first kappa shape index (κ1) is 9.90. The topological polar surface area (TPSA) is 28.2 Å². The molecule has 0 saturated carbocycles. The van der Waals surface area contributed by atoms with Crippen LogP contribution in [0.15, 0.2) is 18.3 Å². The predicted molar refractivity (Wildman–Crippen MR) is 57.5 cm³/mol. The first-order valence-corrected chi connectivity index (χ1v) is 5.17. The molecule has 1 aliphatic heterocycles. The quantitative estimate of drug-likeness (QED) is 0.711. The van der Waals surface area contributed by atoms with Gasteiger partial charge in [-0.25, -0.2) is 4.98 Å². The third-order valence-electron chi connectivity index (χ3n) is 2.65. The van der Waals surface area contributed by atoms with Crippen molar-refractivity contribution in [3.05, 3.63) is 29.0 Å². The molecular formula is C10H14ClN3. The predicted octanol–water partition coefficient (Wildman–Crippen LogP) is 1.31. The van der Waals surface area contributed by atoms with Crippen molar-refractivity contribution in [3.8, 4) is 0 Å². The lowest BCUT2D eigenvalue weighted by Gasteiger charge is -2.33. The molecule has 2 heterocycles. The minimum absolute atomic E-state index is 0.425. The normalized spacial score (nSPS) is 23.7. The van der Waals surface area contributed by atoms with E-state index in [1.165, 1.54) is 5.56 Å². The molecule has 4 heteroatoms. The first-order chi connectivity index (χ1) is 6.77. The molecule has 0 bridgehead atoms. The van der Waals surface area contributed by atoms with E-state index in [9.17, 15) is 0 Å². The SMILES string of the molecule is CN1CCNCC1c1ccc(Cl)nc1. The molecule has 1 aromatic rings. The van der Waals surface area contributed by atoms with Crippen LogP contribution in [0, 0.1) is 0 Å². The Balaban J connectivity index is 2.16. The maximum Gasteiger partial charge on any atom is 0.129 e. The zero-order valence-electron chi connectivity index (χ0n) is 8.20. The number of likely N-dealkylation sites (N-methyl/N-ethyl adjacent to an activating group) is 1. The maximum absolute atomic E-state index is 5.75. The summed E-state index contributed by atoms with van der Waals surface area (Å²) in [5.74, 6) is 0. The Morgan fingerprint density at radius 3 is 3.07 bits per heavy atom. The zero-order valence-corrected chi connectivity index (χ0v) is 8.96. The number of hydrogen-bond donors (Lipinski definition) is 1. The van der Waals surface area contributed by atoms with Crippen molar-refractivity contribution < 1.29 is 0 Å². The van der Waals surface area contributed by atoms with E-state index in [-0.39, 0.29) is 0 Å². The highest BCUT2D eigenvalue weighted by Gasteiger charge is 2.20. The minimum Gasteiger partial charge on any atom is -0.314 e. The number of nitrogens with zero attached hydrogens (tertiary/aromatic N) is 2. The molecule has 0 radical (unpaired) electrons. The number of piperazine rings is 1. The van der Waals surface area contributed by atoms with Gasteiger partial charge < -0.3 is 5.32 Å². The molecular weight excluding hydrogens is 198 g/mol. The van der Waals surface area contributed by atoms with Gasteiger partial charge in [0.15, 0.2) is 0 Å². The standard InChI is InChI=1S/C10H14ClN3/c1-14-5-4-12-7-9(14)8-2-3-10(11)13-6-8/h2-3,6,9,12H,4-5,7H2,1H3. The van der Waals surface area contributed by atoms with E-state index in [1.54, 1.807) is 0 Å². The average Bonchev–Trinajstić information content (AvgIpc) is 2.20. The Labute approximate surface area is 89.1 Å². The molecule has 3 nitrogen and oxygen atoms in total. The van der Waals surface area contributed by atoms with Crippen molar-refractivity contribution in [2.45, 2.75) is 6.04 Å². The number of rotatable bonds is 1. The molecule has 0 amide bonds. The Bertz CT molecular complexity index is 299. The van der Waals surface area contributed by atoms with Crippen molar-refractivity contribution in [1.82, 2.24) is 15.2 Å². The van der Waals surface area contributed by atoms with E-state index in [1.807, 2.05) is 18.3 Å². The fourth-order valence-corrected chi connectivity index (χ4v) is 1.87. The summed E-state index contributed by atoms with van der Waals surface area (Å²) in [7, 11) is 2.14. The van der Waals surface area contributed by atoms with Crippen LogP contribution in [0.5, 0.6) is 0 Å². The second kappa shape index (κ2) is 4.26. The Kier molecular flexibility index (Phi) is 3.01. The van der Waals surface area contributed by atoms with Crippen LogP contribution in [-0.4, -0.2) is 36.6 Å². The summed E-state index contributed by atoms with van der Waals surface area (Å²) in [6.07, 6.45) is 1.86. The fourth-order valence-electron chi connectivity index (χ4n) is 1.76. The van der Waals surface area contributed by atoms with Crippen LogP contribution in [0.3, 0.4) is 0 Å². The molecule has 1 fully saturated rings. The van der Waals surface area contributed by atoms with Gasteiger partial charge in [-0.1, -0.05) is 17.7 Å². The Morgan fingerprint density at radius 2 is 2.43 bits per heavy atom. The highest BCUT2D eigenvalue weighted by molar-refractivity contribution is 6.29. The molecule has 1 saturated heterocycles. The van der Waals surface area contributed by atoms with Gasteiger partial charge in [0.2, 0.25) is 0 Å². The van der Waals surface area contributed by atoms with Crippen LogP contribution in [0.25, 0.3) is 0 Å². The van der Waals surface area contributed by atoms with Crippen molar-refractivity contribution in [3.63, 3.8) is 0 Å². The van der Waals surface area contributed by atoms with Crippen LogP contribution in [0.1, 0.15) is 11.6 Å². The summed E-state index contributed by atoms with van der Waals surface area (Å²) in [6.45, 7) is 3.13. The molecule has 76 valence electrons. The molecule has 1 aromatic heterocycles. The van der Waals surface area contributed by atoms with Crippen molar-refractivity contribution >= 4 is 11.6 Å². The molecule has 2 rings (SSSR count). The van der Waals surface area contributed by atoms with Crippen LogP contribution in [0.2, 0.25) is 5.15 Å². The summed E-state index contributed by atoms with van der Waals surface area (Å²) >= 11 is 5.75. The van der Waals surface area contributed by atoms with Crippen LogP contribution in [0.4, 0.5) is 0 Å². The summed E-state index contributed by atoms with van der Waals surface area (Å²) in [5.41, 5.74) is 1.23. The molecule has 1 atom stereocenters. The van der Waals surface area contributed by atoms with Gasteiger partial charge in [0.25, 0.3) is 0 Å². The second-order valence-corrected chi connectivity index (χ2v) is 4.00. The van der Waals surface area contributed by atoms with E-state index in [0.29, 0.717) is 11.2 Å². The molecule has 14 heavy (non-hydrogen) atoms. The van der Waals surface area contributed by atoms with Gasteiger partial charge in [0, 0.05) is 31.9 Å². The summed E-state index contributed by atoms with van der Waals surface area (Å²) in [4.78, 5) is 6.43. The summed E-state index contributed by atoms with van der Waals surface area (Å²) < 4.78 is 0. The van der Waals surface area contributed by atoms with Gasteiger partial charge in [0.1, 0.15) is 5.15 Å². The molecule has 0 aromatic carbocycles. The average molecular weight is 212 g/mol. The molecule has 0 spiro atoms. The van der Waals surface area contributed by atoms with Crippen molar-refractivity contribution in [2.75, 3.05) is 26.7 Å². The number of halogens is 1. The molecule has 0 aliphatic carbocycles. The lowest BCUT2D eigenvalue weighted by atomic mass is 10.1. The van der Waals surface area contributed by atoms with Gasteiger partial charge in [-0.3, -0.25) is 4.90 Å². The largest absolute Gasteiger partial charge is 0.314 e. The monoisotopic (exact) mass is 211 g/mol. The van der Waals surface area contributed by atoms with Gasteiger partial charge in [-0.2, -0.15) is 0 Å². The number of hydrogen-bond acceptors (Lipinski definition) is 3. The maximum atomic E-state index is 5.75. The molecule has 1 aliphatic rings. The van der Waals surface area contributed by atoms with E-state index < -0.39 is 0 Å².